The zero-order valence-corrected chi connectivity index (χ0v) is 24.7. The molecular formula is C26H54O2Si2. The van der Waals surface area contributed by atoms with Crippen LogP contribution in [0.25, 0.3) is 0 Å². The minimum atomic E-state index is -1.95. The van der Waals surface area contributed by atoms with Crippen LogP contribution in [0.15, 0.2) is 12.2 Å². The van der Waals surface area contributed by atoms with E-state index in [2.05, 4.69) is 95.5 Å². The third-order valence-corrected chi connectivity index (χ3v) is 14.9. The highest BCUT2D eigenvalue weighted by Gasteiger charge is 2.54. The Kier molecular flexibility index (Phi) is 9.31. The summed E-state index contributed by atoms with van der Waals surface area (Å²) in [5, 5.41) is 0. The molecule has 0 heterocycles. The highest BCUT2D eigenvalue weighted by atomic mass is 28.4. The number of hydrogen-bond acceptors (Lipinski definition) is 2. The maximum Gasteiger partial charge on any atom is 0.200 e. The van der Waals surface area contributed by atoms with Crippen molar-refractivity contribution < 1.29 is 8.85 Å². The van der Waals surface area contributed by atoms with E-state index in [1.165, 1.54) is 18.4 Å². The molecule has 1 fully saturated rings. The molecule has 1 rings (SSSR count). The summed E-state index contributed by atoms with van der Waals surface area (Å²) in [6.07, 6.45) is 4.99. The van der Waals surface area contributed by atoms with E-state index in [-0.39, 0.29) is 17.1 Å². The third-order valence-electron chi connectivity index (χ3n) is 7.63. The van der Waals surface area contributed by atoms with Crippen LogP contribution >= 0.6 is 0 Å². The highest BCUT2D eigenvalue weighted by Crippen LogP contribution is 2.54. The minimum absolute atomic E-state index is 0.0675. The quantitative estimate of drug-likeness (QED) is 0.229. The summed E-state index contributed by atoms with van der Waals surface area (Å²) in [6.45, 7) is 35.0. The Morgan fingerprint density at radius 1 is 1.03 bits per heavy atom. The molecule has 4 heteroatoms. The van der Waals surface area contributed by atoms with Crippen LogP contribution in [-0.2, 0) is 8.85 Å². The Bertz CT molecular complexity index is 552. The fourth-order valence-corrected chi connectivity index (χ4v) is 13.8. The molecule has 0 spiro atoms. The largest absolute Gasteiger partial charge is 0.413 e. The Balaban J connectivity index is 3.23. The fraction of sp³-hybridized carbons (Fsp3) is 0.923. The van der Waals surface area contributed by atoms with Gasteiger partial charge in [0.15, 0.2) is 8.32 Å². The molecule has 0 saturated heterocycles. The molecule has 1 aliphatic carbocycles. The summed E-state index contributed by atoms with van der Waals surface area (Å²) in [7, 11) is -3.51. The molecule has 3 atom stereocenters. The molecule has 1 saturated carbocycles. The van der Waals surface area contributed by atoms with Crippen LogP contribution in [0.5, 0.6) is 0 Å². The van der Waals surface area contributed by atoms with Gasteiger partial charge in [-0.25, -0.2) is 0 Å². The second-order valence-corrected chi connectivity index (χ2v) is 22.8. The molecule has 0 bridgehead atoms. The van der Waals surface area contributed by atoms with Crippen LogP contribution in [0.4, 0.5) is 0 Å². The normalized spacial score (nSPS) is 26.3. The van der Waals surface area contributed by atoms with Crippen molar-refractivity contribution in [2.45, 2.75) is 143 Å². The average molecular weight is 455 g/mol. The van der Waals surface area contributed by atoms with Crippen LogP contribution in [0.3, 0.4) is 0 Å². The maximum atomic E-state index is 7.48. The summed E-state index contributed by atoms with van der Waals surface area (Å²) in [5.41, 5.74) is 3.27. The van der Waals surface area contributed by atoms with Crippen molar-refractivity contribution in [1.29, 1.82) is 0 Å². The van der Waals surface area contributed by atoms with Crippen molar-refractivity contribution in [2.75, 3.05) is 0 Å². The van der Waals surface area contributed by atoms with Gasteiger partial charge in [-0.1, -0.05) is 60.6 Å². The topological polar surface area (TPSA) is 18.5 Å². The second kappa shape index (κ2) is 9.93. The van der Waals surface area contributed by atoms with Gasteiger partial charge in [0.25, 0.3) is 0 Å². The standard InChI is InChI=1S/C26H54O2Si2/c1-19(2)23-15-16-26(11,18-17-25(9,10)28-29(12,13)14)24(23)27-30(20(3)4,21(5)6)22(7)8/h20-24H,1,15-18H2,2-14H3/t23-,24-,26+/m0/s1. The Morgan fingerprint density at radius 2 is 1.50 bits per heavy atom. The van der Waals surface area contributed by atoms with Gasteiger partial charge in [0.1, 0.15) is 0 Å². The van der Waals surface area contributed by atoms with Crippen molar-refractivity contribution in [1.82, 2.24) is 0 Å². The first kappa shape index (κ1) is 28.1. The predicted octanol–water partition coefficient (Wildman–Crippen LogP) is 8.95. The van der Waals surface area contributed by atoms with Crippen molar-refractivity contribution in [2.24, 2.45) is 11.3 Å². The predicted molar refractivity (Wildman–Crippen MR) is 139 cm³/mol. The van der Waals surface area contributed by atoms with E-state index in [9.17, 15) is 0 Å². The molecule has 1 aliphatic rings. The first-order valence-electron chi connectivity index (χ1n) is 12.4. The van der Waals surface area contributed by atoms with Crippen molar-refractivity contribution in [3.63, 3.8) is 0 Å². The van der Waals surface area contributed by atoms with E-state index >= 15 is 0 Å². The monoisotopic (exact) mass is 454 g/mol. The average Bonchev–Trinajstić information content (AvgIpc) is 2.84. The summed E-state index contributed by atoms with van der Waals surface area (Å²) < 4.78 is 14.0. The second-order valence-electron chi connectivity index (χ2n) is 13.0. The van der Waals surface area contributed by atoms with E-state index in [4.69, 9.17) is 8.85 Å². The maximum absolute atomic E-state index is 7.48. The highest BCUT2D eigenvalue weighted by molar-refractivity contribution is 6.77. The van der Waals surface area contributed by atoms with Gasteiger partial charge in [0, 0.05) is 5.92 Å². The van der Waals surface area contributed by atoms with E-state index in [1.807, 2.05) is 0 Å². The van der Waals surface area contributed by atoms with Gasteiger partial charge in [0.2, 0.25) is 8.32 Å². The van der Waals surface area contributed by atoms with Gasteiger partial charge in [-0.05, 0) is 88.1 Å². The number of hydrogen-bond donors (Lipinski definition) is 0. The molecule has 0 unspecified atom stereocenters. The molecular weight excluding hydrogens is 400 g/mol. The van der Waals surface area contributed by atoms with E-state index < -0.39 is 16.6 Å². The molecule has 0 aromatic heterocycles. The van der Waals surface area contributed by atoms with Gasteiger partial charge in [0.05, 0.1) is 11.7 Å². The van der Waals surface area contributed by atoms with E-state index in [1.54, 1.807) is 0 Å². The lowest BCUT2D eigenvalue weighted by Gasteiger charge is -2.49. The van der Waals surface area contributed by atoms with Crippen LogP contribution in [-0.4, -0.2) is 28.3 Å². The summed E-state index contributed by atoms with van der Waals surface area (Å²) >= 11 is 0. The van der Waals surface area contributed by atoms with E-state index in [0.717, 1.165) is 12.8 Å². The van der Waals surface area contributed by atoms with Crippen molar-refractivity contribution >= 4 is 16.6 Å². The minimum Gasteiger partial charge on any atom is -0.413 e. The van der Waals surface area contributed by atoms with Crippen LogP contribution < -0.4 is 0 Å². The molecule has 0 N–H and O–H groups in total. The van der Waals surface area contributed by atoms with Crippen molar-refractivity contribution in [3.05, 3.63) is 12.2 Å². The van der Waals surface area contributed by atoms with Crippen LogP contribution in [0.2, 0.25) is 36.3 Å². The van der Waals surface area contributed by atoms with Crippen molar-refractivity contribution in [3.8, 4) is 0 Å². The first-order valence-corrected chi connectivity index (χ1v) is 18.0. The molecule has 30 heavy (non-hydrogen) atoms. The molecule has 2 nitrogen and oxygen atoms in total. The summed E-state index contributed by atoms with van der Waals surface area (Å²) in [6, 6.07) is 0. The fourth-order valence-electron chi connectivity index (χ4n) is 6.36. The lowest BCUT2D eigenvalue weighted by Crippen LogP contribution is -2.53. The Morgan fingerprint density at radius 3 is 1.87 bits per heavy atom. The molecule has 178 valence electrons. The SMILES string of the molecule is C=C(C)[C@@H]1CC[C@](C)(CCC(C)(C)O[Si](C)(C)C)[C@H]1O[Si](C(C)C)(C(C)C)C(C)C. The zero-order chi connectivity index (χ0) is 23.7. The molecule has 0 radical (unpaired) electrons. The smallest absolute Gasteiger partial charge is 0.200 e. The van der Waals surface area contributed by atoms with E-state index in [0.29, 0.717) is 22.5 Å². The van der Waals surface area contributed by atoms with Gasteiger partial charge in [-0.2, -0.15) is 0 Å². The lowest BCUT2D eigenvalue weighted by atomic mass is 9.77. The zero-order valence-electron chi connectivity index (χ0n) is 22.7. The third kappa shape index (κ3) is 6.55. The molecule has 0 aromatic rings. The van der Waals surface area contributed by atoms with Gasteiger partial charge < -0.3 is 8.85 Å². The Labute approximate surface area is 191 Å². The van der Waals surface area contributed by atoms with Crippen LogP contribution in [0.1, 0.15) is 94.9 Å². The van der Waals surface area contributed by atoms with Gasteiger partial charge >= 0.3 is 0 Å². The summed E-state index contributed by atoms with van der Waals surface area (Å²) in [5.74, 6) is 0.485. The van der Waals surface area contributed by atoms with Gasteiger partial charge in [-0.15, -0.1) is 0 Å². The van der Waals surface area contributed by atoms with Crippen LogP contribution in [0, 0.1) is 11.3 Å². The first-order chi connectivity index (χ1) is 13.4. The number of rotatable bonds is 11. The lowest BCUT2D eigenvalue weighted by molar-refractivity contribution is 0.0189. The van der Waals surface area contributed by atoms with Gasteiger partial charge in [-0.3, -0.25) is 0 Å². The molecule has 0 aromatic carbocycles. The molecule has 0 aliphatic heterocycles. The molecule has 0 amide bonds. The Hall–Kier alpha value is 0.0938. The summed E-state index contributed by atoms with van der Waals surface area (Å²) in [4.78, 5) is 0.